The number of aryl methyl sites for hydroxylation is 1. The van der Waals surface area contributed by atoms with Crippen LogP contribution in [0.5, 0.6) is 11.5 Å². The number of allylic oxidation sites excluding steroid dienone is 1. The van der Waals surface area contributed by atoms with E-state index in [0.29, 0.717) is 35.4 Å². The van der Waals surface area contributed by atoms with Gasteiger partial charge in [0.25, 0.3) is 0 Å². The number of benzene rings is 3. The van der Waals surface area contributed by atoms with E-state index in [1.165, 1.54) is 5.56 Å². The molecule has 3 aromatic rings. The molecule has 30 heavy (non-hydrogen) atoms. The van der Waals surface area contributed by atoms with Crippen LogP contribution in [0.15, 0.2) is 66.4 Å². The minimum atomic E-state index is -0.0968. The Morgan fingerprint density at radius 1 is 1.10 bits per heavy atom. The molecule has 2 aliphatic rings. The standard InChI is InChI=1S/C25H20ClNO3/c1-16-11-21-20(14-27(15-29-21)13-18-5-3-2-4-6-18)25-23(16)24(28)22(30-25)12-17-7-9-19(26)10-8-17/h2-12H,13-15H2,1H3/b22-12-. The summed E-state index contributed by atoms with van der Waals surface area (Å²) < 4.78 is 12.1. The number of carbonyl (C=O) groups excluding carboxylic acids is 1. The molecule has 0 spiro atoms. The molecule has 4 nitrogen and oxygen atoms in total. The minimum absolute atomic E-state index is 0.0968. The first-order valence-corrected chi connectivity index (χ1v) is 10.2. The van der Waals surface area contributed by atoms with E-state index in [9.17, 15) is 4.79 Å². The number of Topliss-reactive ketones (excluding diaryl/α,β-unsaturated/α-hetero) is 1. The molecule has 0 saturated heterocycles. The first-order valence-electron chi connectivity index (χ1n) is 9.84. The highest BCUT2D eigenvalue weighted by atomic mass is 35.5. The summed E-state index contributed by atoms with van der Waals surface area (Å²) in [5.74, 6) is 1.63. The Bertz CT molecular complexity index is 1150. The van der Waals surface area contributed by atoms with Gasteiger partial charge in [-0.25, -0.2) is 0 Å². The van der Waals surface area contributed by atoms with Crippen molar-refractivity contribution >= 4 is 23.5 Å². The molecule has 3 aromatic carbocycles. The normalized spacial score (nSPS) is 16.7. The second kappa shape index (κ2) is 7.63. The van der Waals surface area contributed by atoms with Crippen LogP contribution in [0.25, 0.3) is 6.08 Å². The zero-order chi connectivity index (χ0) is 20.7. The highest BCUT2D eigenvalue weighted by molar-refractivity contribution is 6.30. The lowest BCUT2D eigenvalue weighted by Gasteiger charge is -2.30. The van der Waals surface area contributed by atoms with Gasteiger partial charge in [-0.1, -0.05) is 54.1 Å². The maximum absolute atomic E-state index is 13.1. The van der Waals surface area contributed by atoms with Gasteiger partial charge in [0.2, 0.25) is 5.78 Å². The van der Waals surface area contributed by atoms with E-state index in [4.69, 9.17) is 21.1 Å². The van der Waals surface area contributed by atoms with Crippen LogP contribution in [0.3, 0.4) is 0 Å². The molecule has 2 heterocycles. The van der Waals surface area contributed by atoms with E-state index < -0.39 is 0 Å². The summed E-state index contributed by atoms with van der Waals surface area (Å²) in [5, 5.41) is 0.652. The SMILES string of the molecule is Cc1cc2c(c3c1C(=O)/C(=C/c1ccc(Cl)cc1)O3)CN(Cc1ccccc1)CO2. The molecule has 2 aliphatic heterocycles. The third kappa shape index (κ3) is 3.49. The maximum Gasteiger partial charge on any atom is 0.232 e. The fourth-order valence-electron chi connectivity index (χ4n) is 3.93. The Labute approximate surface area is 180 Å². The first kappa shape index (κ1) is 18.9. The van der Waals surface area contributed by atoms with Gasteiger partial charge in [-0.3, -0.25) is 9.69 Å². The number of hydrogen-bond donors (Lipinski definition) is 0. The molecule has 0 aliphatic carbocycles. The monoisotopic (exact) mass is 417 g/mol. The quantitative estimate of drug-likeness (QED) is 0.519. The van der Waals surface area contributed by atoms with Gasteiger partial charge in [0.1, 0.15) is 18.2 Å². The number of carbonyl (C=O) groups is 1. The molecular weight excluding hydrogens is 398 g/mol. The lowest BCUT2D eigenvalue weighted by molar-refractivity contribution is 0.0872. The average molecular weight is 418 g/mol. The van der Waals surface area contributed by atoms with Crippen LogP contribution in [0, 0.1) is 6.92 Å². The molecule has 0 aromatic heterocycles. The van der Waals surface area contributed by atoms with Crippen molar-refractivity contribution < 1.29 is 14.3 Å². The maximum atomic E-state index is 13.1. The van der Waals surface area contributed by atoms with Crippen molar-refractivity contribution in [1.29, 1.82) is 0 Å². The number of rotatable bonds is 3. The summed E-state index contributed by atoms with van der Waals surface area (Å²) in [7, 11) is 0. The lowest BCUT2D eigenvalue weighted by atomic mass is 9.98. The summed E-state index contributed by atoms with van der Waals surface area (Å²) in [6.45, 7) is 3.85. The summed E-state index contributed by atoms with van der Waals surface area (Å²) in [6, 6.07) is 19.5. The van der Waals surface area contributed by atoms with Crippen LogP contribution < -0.4 is 9.47 Å². The van der Waals surface area contributed by atoms with E-state index in [0.717, 1.165) is 29.0 Å². The van der Waals surface area contributed by atoms with Gasteiger partial charge in [0.05, 0.1) is 11.1 Å². The largest absolute Gasteiger partial charge is 0.478 e. The van der Waals surface area contributed by atoms with Crippen LogP contribution in [-0.2, 0) is 13.1 Å². The summed E-state index contributed by atoms with van der Waals surface area (Å²) in [4.78, 5) is 15.3. The van der Waals surface area contributed by atoms with Crippen LogP contribution in [-0.4, -0.2) is 17.4 Å². The van der Waals surface area contributed by atoms with Gasteiger partial charge in [0, 0.05) is 18.1 Å². The van der Waals surface area contributed by atoms with Crippen molar-refractivity contribution in [3.8, 4) is 11.5 Å². The van der Waals surface area contributed by atoms with Gasteiger partial charge >= 0.3 is 0 Å². The second-order valence-corrected chi connectivity index (χ2v) is 8.05. The molecule has 5 heteroatoms. The van der Waals surface area contributed by atoms with Crippen LogP contribution in [0.4, 0.5) is 0 Å². The fourth-order valence-corrected chi connectivity index (χ4v) is 4.06. The molecule has 0 unspecified atom stereocenters. The number of halogens is 1. The third-order valence-electron chi connectivity index (χ3n) is 5.40. The Kier molecular flexibility index (Phi) is 4.81. The predicted octanol–water partition coefficient (Wildman–Crippen LogP) is 5.62. The molecule has 0 bridgehead atoms. The predicted molar refractivity (Wildman–Crippen MR) is 117 cm³/mol. The highest BCUT2D eigenvalue weighted by Gasteiger charge is 2.35. The average Bonchev–Trinajstić information content (AvgIpc) is 3.08. The van der Waals surface area contributed by atoms with Gasteiger partial charge in [-0.05, 0) is 47.9 Å². The van der Waals surface area contributed by atoms with Crippen molar-refractivity contribution in [3.63, 3.8) is 0 Å². The number of ketones is 1. The van der Waals surface area contributed by atoms with Crippen molar-refractivity contribution in [2.45, 2.75) is 20.0 Å². The molecule has 0 radical (unpaired) electrons. The van der Waals surface area contributed by atoms with Crippen LogP contribution >= 0.6 is 11.6 Å². The Morgan fingerprint density at radius 2 is 1.87 bits per heavy atom. The Hall–Kier alpha value is -3.08. The van der Waals surface area contributed by atoms with Crippen molar-refractivity contribution in [1.82, 2.24) is 4.90 Å². The van der Waals surface area contributed by atoms with E-state index in [1.807, 2.05) is 43.3 Å². The third-order valence-corrected chi connectivity index (χ3v) is 5.66. The number of nitrogens with zero attached hydrogens (tertiary/aromatic N) is 1. The van der Waals surface area contributed by atoms with Crippen molar-refractivity contribution in [2.75, 3.05) is 6.73 Å². The Morgan fingerprint density at radius 3 is 2.63 bits per heavy atom. The van der Waals surface area contributed by atoms with E-state index in [2.05, 4.69) is 17.0 Å². The summed E-state index contributed by atoms with van der Waals surface area (Å²) >= 11 is 5.96. The molecule has 150 valence electrons. The molecule has 0 amide bonds. The molecular formula is C25H20ClNO3. The van der Waals surface area contributed by atoms with Gasteiger partial charge in [0.15, 0.2) is 5.76 Å². The lowest BCUT2D eigenvalue weighted by Crippen LogP contribution is -2.31. The van der Waals surface area contributed by atoms with E-state index in [-0.39, 0.29) is 5.78 Å². The molecule has 5 rings (SSSR count). The molecule has 0 saturated carbocycles. The first-order chi connectivity index (χ1) is 14.6. The molecule has 0 fully saturated rings. The zero-order valence-electron chi connectivity index (χ0n) is 16.5. The smallest absolute Gasteiger partial charge is 0.232 e. The highest BCUT2D eigenvalue weighted by Crippen LogP contribution is 2.44. The fraction of sp³-hybridized carbons (Fsp3) is 0.160. The summed E-state index contributed by atoms with van der Waals surface area (Å²) in [6.07, 6.45) is 1.76. The zero-order valence-corrected chi connectivity index (χ0v) is 17.3. The number of fused-ring (bicyclic) bond motifs is 3. The molecule has 0 N–H and O–H groups in total. The van der Waals surface area contributed by atoms with Crippen molar-refractivity contribution in [3.05, 3.63) is 99.3 Å². The van der Waals surface area contributed by atoms with E-state index >= 15 is 0 Å². The second-order valence-electron chi connectivity index (χ2n) is 7.61. The summed E-state index contributed by atoms with van der Waals surface area (Å²) in [5.41, 5.74) is 4.49. The number of hydrogen-bond acceptors (Lipinski definition) is 4. The minimum Gasteiger partial charge on any atom is -0.478 e. The van der Waals surface area contributed by atoms with Crippen LogP contribution in [0.1, 0.15) is 32.6 Å². The van der Waals surface area contributed by atoms with Gasteiger partial charge in [-0.2, -0.15) is 0 Å². The molecule has 0 atom stereocenters. The van der Waals surface area contributed by atoms with Crippen molar-refractivity contribution in [2.24, 2.45) is 0 Å². The topological polar surface area (TPSA) is 38.8 Å². The van der Waals surface area contributed by atoms with Crippen LogP contribution in [0.2, 0.25) is 5.02 Å². The van der Waals surface area contributed by atoms with Gasteiger partial charge in [-0.15, -0.1) is 0 Å². The Balaban J connectivity index is 1.47. The number of ether oxygens (including phenoxy) is 2. The van der Waals surface area contributed by atoms with Gasteiger partial charge < -0.3 is 9.47 Å². The van der Waals surface area contributed by atoms with E-state index in [1.54, 1.807) is 18.2 Å².